The van der Waals surface area contributed by atoms with Crippen LogP contribution in [0.15, 0.2) is 88.0 Å². The fourth-order valence-electron chi connectivity index (χ4n) is 6.55. The molecule has 30 heavy (non-hydrogen) atoms. The van der Waals surface area contributed by atoms with E-state index in [4.69, 9.17) is 0 Å². The van der Waals surface area contributed by atoms with Crippen LogP contribution in [0.1, 0.15) is 31.0 Å². The average molecular weight is 397 g/mol. The number of benzene rings is 2. The van der Waals surface area contributed by atoms with E-state index in [2.05, 4.69) is 74.5 Å². The van der Waals surface area contributed by atoms with Crippen LogP contribution >= 0.6 is 0 Å². The summed E-state index contributed by atoms with van der Waals surface area (Å²) in [7, 11) is 1.57. The number of hydrogen-bond acceptors (Lipinski definition) is 2. The Morgan fingerprint density at radius 2 is 1.53 bits per heavy atom. The van der Waals surface area contributed by atoms with E-state index >= 15 is 0 Å². The van der Waals surface area contributed by atoms with Crippen molar-refractivity contribution in [1.82, 2.24) is 13.9 Å². The Morgan fingerprint density at radius 3 is 2.20 bits per heavy atom. The molecule has 2 bridgehead atoms. The van der Waals surface area contributed by atoms with Gasteiger partial charge in [-0.3, -0.25) is 0 Å². The zero-order valence-electron chi connectivity index (χ0n) is 17.2. The van der Waals surface area contributed by atoms with Crippen LogP contribution in [0.3, 0.4) is 0 Å². The highest BCUT2D eigenvalue weighted by Gasteiger charge is 2.70. The van der Waals surface area contributed by atoms with Crippen LogP contribution in [0, 0.1) is 5.92 Å². The Morgan fingerprint density at radius 1 is 0.900 bits per heavy atom. The van der Waals surface area contributed by atoms with Gasteiger partial charge in [-0.25, -0.2) is 23.5 Å². The summed E-state index contributed by atoms with van der Waals surface area (Å²) >= 11 is 0. The molecule has 2 aliphatic carbocycles. The van der Waals surface area contributed by atoms with Gasteiger partial charge < -0.3 is 0 Å². The lowest BCUT2D eigenvalue weighted by atomic mass is 9.41. The molecule has 4 atom stereocenters. The third-order valence-corrected chi connectivity index (χ3v) is 7.66. The molecule has 0 saturated carbocycles. The normalized spacial score (nSPS) is 30.8. The van der Waals surface area contributed by atoms with Crippen molar-refractivity contribution in [2.45, 2.75) is 30.8 Å². The molecule has 0 saturated heterocycles. The second kappa shape index (κ2) is 5.42. The molecule has 2 aliphatic heterocycles. The second-order valence-corrected chi connectivity index (χ2v) is 8.85. The first-order chi connectivity index (χ1) is 14.4. The molecule has 0 spiro atoms. The summed E-state index contributed by atoms with van der Waals surface area (Å²) in [6.45, 7) is 4.29. The maximum atomic E-state index is 13.3. The molecule has 3 heterocycles. The van der Waals surface area contributed by atoms with Gasteiger partial charge in [0.15, 0.2) is 0 Å². The minimum Gasteiger partial charge on any atom is -0.246 e. The van der Waals surface area contributed by atoms with Gasteiger partial charge in [-0.15, -0.1) is 0 Å². The van der Waals surface area contributed by atoms with Crippen LogP contribution in [0.4, 0.5) is 0 Å². The van der Waals surface area contributed by atoms with E-state index in [1.165, 1.54) is 26.8 Å². The highest BCUT2D eigenvalue weighted by molar-refractivity contribution is 5.88. The smallest absolute Gasteiger partial charge is 0.246 e. The molecule has 0 unspecified atom stereocenters. The molecule has 4 aliphatic rings. The Hall–Kier alpha value is -3.34. The van der Waals surface area contributed by atoms with Crippen molar-refractivity contribution >= 4 is 5.57 Å². The maximum absolute atomic E-state index is 13.3. The predicted molar refractivity (Wildman–Crippen MR) is 116 cm³/mol. The van der Waals surface area contributed by atoms with Gasteiger partial charge in [0, 0.05) is 13.0 Å². The molecular formula is C25H23N3O2. The van der Waals surface area contributed by atoms with Crippen molar-refractivity contribution in [3.63, 3.8) is 0 Å². The van der Waals surface area contributed by atoms with Gasteiger partial charge in [-0.05, 0) is 30.5 Å². The van der Waals surface area contributed by atoms with Gasteiger partial charge in [0.1, 0.15) is 0 Å². The van der Waals surface area contributed by atoms with Crippen LogP contribution < -0.4 is 11.4 Å². The van der Waals surface area contributed by atoms with Crippen molar-refractivity contribution in [3.8, 4) is 0 Å². The van der Waals surface area contributed by atoms with Crippen LogP contribution in [0.2, 0.25) is 0 Å². The first-order valence-electron chi connectivity index (χ1n) is 10.4. The van der Waals surface area contributed by atoms with Crippen molar-refractivity contribution < 1.29 is 0 Å². The summed E-state index contributed by atoms with van der Waals surface area (Å²) in [6.07, 6.45) is 4.27. The summed E-state index contributed by atoms with van der Waals surface area (Å²) in [5, 5.41) is 0. The lowest BCUT2D eigenvalue weighted by Gasteiger charge is -2.67. The molecule has 3 aromatic rings. The molecule has 7 rings (SSSR count). The van der Waals surface area contributed by atoms with Crippen LogP contribution in [-0.2, 0) is 18.0 Å². The van der Waals surface area contributed by atoms with Gasteiger partial charge in [-0.1, -0.05) is 78.4 Å². The molecule has 1 aromatic heterocycles. The minimum absolute atomic E-state index is 0.115. The van der Waals surface area contributed by atoms with E-state index in [1.807, 2.05) is 12.1 Å². The number of nitrogens with zero attached hydrogens (tertiary/aromatic N) is 3. The molecule has 0 radical (unpaired) electrons. The third kappa shape index (κ3) is 1.64. The largest absolute Gasteiger partial charge is 0.347 e. The van der Waals surface area contributed by atoms with Crippen molar-refractivity contribution in [1.29, 1.82) is 0 Å². The average Bonchev–Trinajstić information content (AvgIpc) is 3.00. The Bertz CT molecular complexity index is 1370. The monoisotopic (exact) mass is 397 g/mol. The summed E-state index contributed by atoms with van der Waals surface area (Å²) in [4.78, 5) is 26.3. The summed E-state index contributed by atoms with van der Waals surface area (Å²) in [6, 6.07) is 20.7. The number of allylic oxidation sites excluding steroid dienone is 4. The standard InChI is InChI=1S/C25H23N3O2/c1-16-20(17-10-6-4-7-11-17)25(18-12-8-5-9-13-18)21(16)19-14-15-24(25,2)28-23(30)26(3)22(29)27(19)28/h4-15,19,21H,1-3H3/t19-,21+,24-,25-/m1/s1. The lowest BCUT2D eigenvalue weighted by molar-refractivity contribution is 0.0344. The highest BCUT2D eigenvalue weighted by Crippen LogP contribution is 2.71. The van der Waals surface area contributed by atoms with E-state index in [0.29, 0.717) is 0 Å². The molecule has 0 N–H and O–H groups in total. The van der Waals surface area contributed by atoms with Crippen molar-refractivity contribution in [3.05, 3.63) is 110 Å². The van der Waals surface area contributed by atoms with Crippen molar-refractivity contribution in [2.75, 3.05) is 0 Å². The third-order valence-electron chi connectivity index (χ3n) is 7.66. The molecule has 5 heteroatoms. The highest BCUT2D eigenvalue weighted by atomic mass is 16.2. The minimum atomic E-state index is -0.698. The fraction of sp³-hybridized carbons (Fsp3) is 0.280. The Balaban J connectivity index is 1.77. The number of hydrogen-bond donors (Lipinski definition) is 0. The Kier molecular flexibility index (Phi) is 3.16. The molecule has 5 nitrogen and oxygen atoms in total. The predicted octanol–water partition coefficient (Wildman–Crippen LogP) is 3.23. The van der Waals surface area contributed by atoms with Gasteiger partial charge in [-0.2, -0.15) is 0 Å². The number of rotatable bonds is 2. The zero-order chi connectivity index (χ0) is 20.8. The molecule has 0 amide bonds. The molecule has 150 valence electrons. The van der Waals surface area contributed by atoms with E-state index in [9.17, 15) is 9.59 Å². The second-order valence-electron chi connectivity index (χ2n) is 8.85. The lowest BCUT2D eigenvalue weighted by Crippen LogP contribution is -2.71. The molecule has 2 aromatic carbocycles. The topological polar surface area (TPSA) is 48.9 Å². The van der Waals surface area contributed by atoms with E-state index in [1.54, 1.807) is 16.4 Å². The zero-order valence-corrected chi connectivity index (χ0v) is 17.2. The van der Waals surface area contributed by atoms with Crippen LogP contribution in [0.5, 0.6) is 0 Å². The Labute approximate surface area is 174 Å². The van der Waals surface area contributed by atoms with E-state index in [-0.39, 0.29) is 23.3 Å². The van der Waals surface area contributed by atoms with Crippen molar-refractivity contribution in [2.24, 2.45) is 13.0 Å². The fourth-order valence-corrected chi connectivity index (χ4v) is 6.55. The molecular weight excluding hydrogens is 374 g/mol. The SMILES string of the molecule is CC1=C(c2ccccc2)[C@]2(c3ccccc3)[C@@H]1[C@H]1C=C[C@@]2(C)n2c(=O)n(C)c(=O)n21. The summed E-state index contributed by atoms with van der Waals surface area (Å²) < 4.78 is 4.62. The number of aromatic nitrogens is 3. The van der Waals surface area contributed by atoms with Gasteiger partial charge in [0.05, 0.1) is 17.0 Å². The summed E-state index contributed by atoms with van der Waals surface area (Å²) in [5.74, 6) is 0.115. The van der Waals surface area contributed by atoms with E-state index < -0.39 is 11.0 Å². The first kappa shape index (κ1) is 17.5. The molecule has 0 fully saturated rings. The first-order valence-corrected chi connectivity index (χ1v) is 10.4. The maximum Gasteiger partial charge on any atom is 0.347 e. The van der Waals surface area contributed by atoms with Gasteiger partial charge in [0.2, 0.25) is 0 Å². The quantitative estimate of drug-likeness (QED) is 0.624. The van der Waals surface area contributed by atoms with Crippen LogP contribution in [0.25, 0.3) is 5.57 Å². The summed E-state index contributed by atoms with van der Waals surface area (Å²) in [5.41, 5.74) is 3.30. The van der Waals surface area contributed by atoms with Gasteiger partial charge in [0.25, 0.3) is 0 Å². The van der Waals surface area contributed by atoms with Crippen LogP contribution in [-0.4, -0.2) is 13.9 Å². The van der Waals surface area contributed by atoms with Gasteiger partial charge >= 0.3 is 11.4 Å². The van der Waals surface area contributed by atoms with E-state index in [0.717, 1.165) is 0 Å².